The monoisotopic (exact) mass is 356 g/mol. The Hall–Kier alpha value is -1.52. The first-order chi connectivity index (χ1) is 11.6. The Labute approximate surface area is 147 Å². The molecule has 0 aliphatic heterocycles. The van der Waals surface area contributed by atoms with Crippen molar-refractivity contribution in [1.82, 2.24) is 0 Å². The van der Waals surface area contributed by atoms with Gasteiger partial charge in [-0.2, -0.15) is 13.2 Å². The SMILES string of the molecule is CC(C(=O)O[C@H]1C[C@@H](C)CC[C@@H]1C(C)C)c1ccc(C(F)(F)F)cc1. The summed E-state index contributed by atoms with van der Waals surface area (Å²) in [5.41, 5.74) is -0.166. The van der Waals surface area contributed by atoms with Gasteiger partial charge >= 0.3 is 12.1 Å². The van der Waals surface area contributed by atoms with Crippen LogP contribution in [0.1, 0.15) is 64.0 Å². The van der Waals surface area contributed by atoms with Crippen LogP contribution in [0.2, 0.25) is 0 Å². The number of rotatable bonds is 4. The third-order valence-electron chi connectivity index (χ3n) is 5.32. The number of hydrogen-bond acceptors (Lipinski definition) is 2. The van der Waals surface area contributed by atoms with Crippen molar-refractivity contribution in [3.05, 3.63) is 35.4 Å². The average Bonchev–Trinajstić information content (AvgIpc) is 2.53. The number of halogens is 3. The zero-order valence-electron chi connectivity index (χ0n) is 15.3. The third kappa shape index (κ3) is 4.99. The van der Waals surface area contributed by atoms with E-state index in [9.17, 15) is 18.0 Å². The minimum absolute atomic E-state index is 0.104. The van der Waals surface area contributed by atoms with Crippen molar-refractivity contribution in [3.8, 4) is 0 Å². The van der Waals surface area contributed by atoms with Gasteiger partial charge in [0.15, 0.2) is 0 Å². The summed E-state index contributed by atoms with van der Waals surface area (Å²) in [6.07, 6.45) is -1.43. The Morgan fingerprint density at radius 1 is 1.12 bits per heavy atom. The molecule has 25 heavy (non-hydrogen) atoms. The van der Waals surface area contributed by atoms with Crippen molar-refractivity contribution in [2.75, 3.05) is 0 Å². The van der Waals surface area contributed by atoms with E-state index in [0.717, 1.165) is 31.4 Å². The Bertz CT molecular complexity index is 578. The van der Waals surface area contributed by atoms with Gasteiger partial charge in [-0.25, -0.2) is 0 Å². The Morgan fingerprint density at radius 2 is 1.72 bits per heavy atom. The molecule has 0 radical (unpaired) electrons. The smallest absolute Gasteiger partial charge is 0.416 e. The molecule has 0 saturated heterocycles. The van der Waals surface area contributed by atoms with Crippen LogP contribution < -0.4 is 0 Å². The van der Waals surface area contributed by atoms with Gasteiger partial charge in [0.2, 0.25) is 0 Å². The highest BCUT2D eigenvalue weighted by Crippen LogP contribution is 2.36. The van der Waals surface area contributed by atoms with Crippen LogP contribution in [0.3, 0.4) is 0 Å². The fourth-order valence-electron chi connectivity index (χ4n) is 3.60. The molecule has 0 heterocycles. The van der Waals surface area contributed by atoms with Crippen LogP contribution in [-0.4, -0.2) is 12.1 Å². The van der Waals surface area contributed by atoms with E-state index in [4.69, 9.17) is 4.74 Å². The lowest BCUT2D eigenvalue weighted by atomic mass is 9.75. The molecule has 4 atom stereocenters. The molecule has 1 aromatic carbocycles. The summed E-state index contributed by atoms with van der Waals surface area (Å²) in [6.45, 7) is 8.12. The van der Waals surface area contributed by atoms with Crippen molar-refractivity contribution >= 4 is 5.97 Å². The predicted octanol–water partition coefficient (Wildman–Crippen LogP) is 5.81. The first kappa shape index (κ1) is 19.8. The summed E-state index contributed by atoms with van der Waals surface area (Å²) in [7, 11) is 0. The molecule has 1 aromatic rings. The van der Waals surface area contributed by atoms with E-state index in [0.29, 0.717) is 23.3 Å². The number of esters is 1. The summed E-state index contributed by atoms with van der Waals surface area (Å²) >= 11 is 0. The van der Waals surface area contributed by atoms with Crippen molar-refractivity contribution in [3.63, 3.8) is 0 Å². The summed E-state index contributed by atoms with van der Waals surface area (Å²) in [6, 6.07) is 4.74. The third-order valence-corrected chi connectivity index (χ3v) is 5.32. The molecule has 1 fully saturated rings. The van der Waals surface area contributed by atoms with Gasteiger partial charge in [0.1, 0.15) is 6.10 Å². The standard InChI is InChI=1S/C20H27F3O2/c1-12(2)17-10-5-13(3)11-18(17)25-19(24)14(4)15-6-8-16(9-7-15)20(21,22)23/h6-9,12-14,17-18H,5,10-11H2,1-4H3/t13-,14?,17+,18-/m0/s1. The van der Waals surface area contributed by atoms with Crippen LogP contribution in [0.4, 0.5) is 13.2 Å². The van der Waals surface area contributed by atoms with Crippen LogP contribution in [-0.2, 0) is 15.7 Å². The number of ether oxygens (including phenoxy) is 1. The molecule has 0 aromatic heterocycles. The van der Waals surface area contributed by atoms with Crippen molar-refractivity contribution in [2.45, 2.75) is 65.2 Å². The Balaban J connectivity index is 2.06. The number of carbonyl (C=O) groups is 1. The minimum Gasteiger partial charge on any atom is -0.462 e. The maximum Gasteiger partial charge on any atom is 0.416 e. The lowest BCUT2D eigenvalue weighted by Crippen LogP contribution is -2.36. The molecule has 0 bridgehead atoms. The quantitative estimate of drug-likeness (QED) is 0.636. The van der Waals surface area contributed by atoms with E-state index in [-0.39, 0.29) is 12.1 Å². The molecule has 1 aliphatic rings. The van der Waals surface area contributed by atoms with Gasteiger partial charge in [0, 0.05) is 0 Å². The first-order valence-electron chi connectivity index (χ1n) is 8.97. The van der Waals surface area contributed by atoms with Gasteiger partial charge in [-0.1, -0.05) is 39.3 Å². The molecule has 2 nitrogen and oxygen atoms in total. The Morgan fingerprint density at radius 3 is 2.24 bits per heavy atom. The molecule has 0 amide bonds. The summed E-state index contributed by atoms with van der Waals surface area (Å²) < 4.78 is 43.7. The molecule has 1 unspecified atom stereocenters. The topological polar surface area (TPSA) is 26.3 Å². The van der Waals surface area contributed by atoms with Crippen molar-refractivity contribution in [1.29, 1.82) is 0 Å². The fraction of sp³-hybridized carbons (Fsp3) is 0.650. The van der Waals surface area contributed by atoms with Crippen LogP contribution in [0.15, 0.2) is 24.3 Å². The summed E-state index contributed by atoms with van der Waals surface area (Å²) in [5.74, 6) is 0.373. The zero-order chi connectivity index (χ0) is 18.8. The minimum atomic E-state index is -4.37. The van der Waals surface area contributed by atoms with E-state index < -0.39 is 17.7 Å². The Kier molecular flexibility index (Phi) is 6.17. The highest BCUT2D eigenvalue weighted by atomic mass is 19.4. The highest BCUT2D eigenvalue weighted by molar-refractivity contribution is 5.77. The van der Waals surface area contributed by atoms with E-state index >= 15 is 0 Å². The lowest BCUT2D eigenvalue weighted by molar-refractivity contribution is -0.157. The number of hydrogen-bond donors (Lipinski definition) is 0. The van der Waals surface area contributed by atoms with Gasteiger partial charge in [-0.3, -0.25) is 4.79 Å². The van der Waals surface area contributed by atoms with Gasteiger partial charge in [0.25, 0.3) is 0 Å². The molecule has 5 heteroatoms. The van der Waals surface area contributed by atoms with Gasteiger partial charge in [-0.05, 0) is 55.2 Å². The molecular weight excluding hydrogens is 329 g/mol. The second kappa shape index (κ2) is 7.79. The van der Waals surface area contributed by atoms with Crippen molar-refractivity contribution < 1.29 is 22.7 Å². The maximum absolute atomic E-state index is 12.7. The normalized spacial score (nSPS) is 25.7. The molecule has 0 spiro atoms. The molecular formula is C20H27F3O2. The summed E-state index contributed by atoms with van der Waals surface area (Å²) in [4.78, 5) is 12.5. The van der Waals surface area contributed by atoms with E-state index in [1.165, 1.54) is 12.1 Å². The second-order valence-corrected chi connectivity index (χ2v) is 7.64. The number of benzene rings is 1. The van der Waals surface area contributed by atoms with Gasteiger partial charge in [0.05, 0.1) is 11.5 Å². The average molecular weight is 356 g/mol. The fourth-order valence-corrected chi connectivity index (χ4v) is 3.60. The van der Waals surface area contributed by atoms with Crippen LogP contribution >= 0.6 is 0 Å². The summed E-state index contributed by atoms with van der Waals surface area (Å²) in [5, 5.41) is 0. The maximum atomic E-state index is 12.7. The second-order valence-electron chi connectivity index (χ2n) is 7.64. The van der Waals surface area contributed by atoms with Crippen molar-refractivity contribution in [2.24, 2.45) is 17.8 Å². The van der Waals surface area contributed by atoms with Crippen LogP contribution in [0.25, 0.3) is 0 Å². The molecule has 140 valence electrons. The van der Waals surface area contributed by atoms with E-state index in [1.807, 2.05) is 0 Å². The molecule has 0 N–H and O–H groups in total. The predicted molar refractivity (Wildman–Crippen MR) is 91.1 cm³/mol. The van der Waals surface area contributed by atoms with Crippen LogP contribution in [0, 0.1) is 17.8 Å². The van der Waals surface area contributed by atoms with Gasteiger partial charge < -0.3 is 4.74 Å². The number of carbonyl (C=O) groups excluding carboxylic acids is 1. The van der Waals surface area contributed by atoms with Crippen LogP contribution in [0.5, 0.6) is 0 Å². The molecule has 1 saturated carbocycles. The largest absolute Gasteiger partial charge is 0.462 e. The first-order valence-corrected chi connectivity index (χ1v) is 8.97. The lowest BCUT2D eigenvalue weighted by Gasteiger charge is -2.37. The highest BCUT2D eigenvalue weighted by Gasteiger charge is 2.35. The molecule has 2 rings (SSSR count). The zero-order valence-corrected chi connectivity index (χ0v) is 15.3. The molecule has 1 aliphatic carbocycles. The van der Waals surface area contributed by atoms with E-state index in [2.05, 4.69) is 20.8 Å². The van der Waals surface area contributed by atoms with Gasteiger partial charge in [-0.15, -0.1) is 0 Å². The van der Waals surface area contributed by atoms with E-state index in [1.54, 1.807) is 6.92 Å². The number of alkyl halides is 3.